The fourth-order valence-corrected chi connectivity index (χ4v) is 3.03. The molecule has 96 valence electrons. The van der Waals surface area contributed by atoms with Gasteiger partial charge in [-0.15, -0.1) is 0 Å². The molecule has 1 rings (SSSR count). The average Bonchev–Trinajstić information content (AvgIpc) is 2.66. The second kappa shape index (κ2) is 6.57. The van der Waals surface area contributed by atoms with E-state index in [9.17, 15) is 8.42 Å². The smallest absolute Gasteiger partial charge is 0.212 e. The van der Waals surface area contributed by atoms with Gasteiger partial charge in [0.25, 0.3) is 0 Å². The Kier molecular flexibility index (Phi) is 5.72. The van der Waals surface area contributed by atoms with Gasteiger partial charge in [0.2, 0.25) is 10.0 Å². The summed E-state index contributed by atoms with van der Waals surface area (Å²) >= 11 is 0. The molecule has 0 heterocycles. The summed E-state index contributed by atoms with van der Waals surface area (Å²) in [6.45, 7) is 5.18. The average molecular weight is 248 g/mol. The predicted molar refractivity (Wildman–Crippen MR) is 66.9 cm³/mol. The quantitative estimate of drug-likeness (QED) is 0.709. The summed E-state index contributed by atoms with van der Waals surface area (Å²) in [6, 6.07) is 0.338. The van der Waals surface area contributed by atoms with Gasteiger partial charge in [0.15, 0.2) is 0 Å². The van der Waals surface area contributed by atoms with Gasteiger partial charge in [0.1, 0.15) is 0 Å². The molecule has 0 saturated heterocycles. The first-order valence-corrected chi connectivity index (χ1v) is 7.85. The van der Waals surface area contributed by atoms with E-state index in [0.29, 0.717) is 25.0 Å². The molecule has 0 aromatic rings. The molecule has 1 fully saturated rings. The van der Waals surface area contributed by atoms with Crippen LogP contribution in [0.4, 0.5) is 0 Å². The zero-order valence-corrected chi connectivity index (χ0v) is 11.1. The van der Waals surface area contributed by atoms with Gasteiger partial charge < -0.3 is 5.32 Å². The maximum absolute atomic E-state index is 11.6. The van der Waals surface area contributed by atoms with Gasteiger partial charge in [-0.05, 0) is 18.8 Å². The van der Waals surface area contributed by atoms with Crippen molar-refractivity contribution in [2.24, 2.45) is 5.92 Å². The summed E-state index contributed by atoms with van der Waals surface area (Å²) in [7, 11) is -3.08. The third kappa shape index (κ3) is 5.82. The van der Waals surface area contributed by atoms with Crippen molar-refractivity contribution in [3.63, 3.8) is 0 Å². The SMILES string of the molecule is CC(C)NCCS(=O)(=O)NCC1CCCC1. The fraction of sp³-hybridized carbons (Fsp3) is 1.00. The van der Waals surface area contributed by atoms with Crippen LogP contribution < -0.4 is 10.0 Å². The lowest BCUT2D eigenvalue weighted by atomic mass is 10.1. The molecular formula is C11H24N2O2S. The summed E-state index contributed by atoms with van der Waals surface area (Å²) in [4.78, 5) is 0. The monoisotopic (exact) mass is 248 g/mol. The Morgan fingerprint density at radius 1 is 1.25 bits per heavy atom. The Labute approximate surface area is 99.2 Å². The number of hydrogen-bond acceptors (Lipinski definition) is 3. The number of sulfonamides is 1. The van der Waals surface area contributed by atoms with E-state index in [-0.39, 0.29) is 5.75 Å². The van der Waals surface area contributed by atoms with E-state index in [2.05, 4.69) is 10.0 Å². The molecule has 2 N–H and O–H groups in total. The molecule has 4 nitrogen and oxygen atoms in total. The van der Waals surface area contributed by atoms with Crippen LogP contribution in [0.25, 0.3) is 0 Å². The first-order valence-electron chi connectivity index (χ1n) is 6.20. The van der Waals surface area contributed by atoms with Gasteiger partial charge in [-0.3, -0.25) is 0 Å². The third-order valence-corrected chi connectivity index (χ3v) is 4.34. The van der Waals surface area contributed by atoms with Crippen LogP contribution in [0.3, 0.4) is 0 Å². The second-order valence-corrected chi connectivity index (χ2v) is 6.85. The van der Waals surface area contributed by atoms with E-state index in [4.69, 9.17) is 0 Å². The Bertz CT molecular complexity index is 282. The van der Waals surface area contributed by atoms with Gasteiger partial charge >= 0.3 is 0 Å². The van der Waals surface area contributed by atoms with Crippen molar-refractivity contribution in [3.05, 3.63) is 0 Å². The van der Waals surface area contributed by atoms with E-state index >= 15 is 0 Å². The van der Waals surface area contributed by atoms with E-state index in [0.717, 1.165) is 0 Å². The van der Waals surface area contributed by atoms with Crippen molar-refractivity contribution in [1.29, 1.82) is 0 Å². The fourth-order valence-electron chi connectivity index (χ4n) is 2.01. The molecule has 16 heavy (non-hydrogen) atoms. The largest absolute Gasteiger partial charge is 0.313 e. The molecule has 0 unspecified atom stereocenters. The minimum Gasteiger partial charge on any atom is -0.313 e. The van der Waals surface area contributed by atoms with Crippen LogP contribution in [-0.4, -0.2) is 33.3 Å². The van der Waals surface area contributed by atoms with Crippen molar-refractivity contribution in [3.8, 4) is 0 Å². The van der Waals surface area contributed by atoms with Crippen LogP contribution in [0.5, 0.6) is 0 Å². The maximum atomic E-state index is 11.6. The van der Waals surface area contributed by atoms with Crippen LogP contribution in [0.2, 0.25) is 0 Å². The van der Waals surface area contributed by atoms with Crippen LogP contribution in [-0.2, 0) is 10.0 Å². The van der Waals surface area contributed by atoms with Crippen molar-refractivity contribution in [1.82, 2.24) is 10.0 Å². The summed E-state index contributed by atoms with van der Waals surface area (Å²) in [5.41, 5.74) is 0. The Hall–Kier alpha value is -0.130. The van der Waals surface area contributed by atoms with Crippen molar-refractivity contribution in [2.45, 2.75) is 45.6 Å². The van der Waals surface area contributed by atoms with Crippen molar-refractivity contribution in [2.75, 3.05) is 18.8 Å². The van der Waals surface area contributed by atoms with E-state index < -0.39 is 10.0 Å². The summed E-state index contributed by atoms with van der Waals surface area (Å²) in [5, 5.41) is 3.11. The Morgan fingerprint density at radius 2 is 1.88 bits per heavy atom. The minimum atomic E-state index is -3.08. The lowest BCUT2D eigenvalue weighted by molar-refractivity contribution is 0.517. The van der Waals surface area contributed by atoms with Crippen molar-refractivity contribution < 1.29 is 8.42 Å². The molecule has 1 aliphatic rings. The lowest BCUT2D eigenvalue weighted by Gasteiger charge is -2.12. The lowest BCUT2D eigenvalue weighted by Crippen LogP contribution is -2.36. The standard InChI is InChI=1S/C11H24N2O2S/c1-10(2)12-7-8-16(14,15)13-9-11-5-3-4-6-11/h10-13H,3-9H2,1-2H3. The Morgan fingerprint density at radius 3 is 2.44 bits per heavy atom. The minimum absolute atomic E-state index is 0.178. The number of nitrogens with one attached hydrogen (secondary N) is 2. The molecule has 0 aliphatic heterocycles. The summed E-state index contributed by atoms with van der Waals surface area (Å²) in [5.74, 6) is 0.741. The first-order chi connectivity index (χ1) is 7.49. The van der Waals surface area contributed by atoms with E-state index in [1.807, 2.05) is 13.8 Å². The molecule has 0 radical (unpaired) electrons. The molecule has 0 spiro atoms. The third-order valence-electron chi connectivity index (χ3n) is 2.99. The highest BCUT2D eigenvalue weighted by molar-refractivity contribution is 7.89. The Balaban J connectivity index is 2.17. The van der Waals surface area contributed by atoms with Gasteiger partial charge in [-0.1, -0.05) is 26.7 Å². The molecule has 0 aromatic carbocycles. The topological polar surface area (TPSA) is 58.2 Å². The van der Waals surface area contributed by atoms with Crippen LogP contribution in [0.1, 0.15) is 39.5 Å². The van der Waals surface area contributed by atoms with Crippen LogP contribution in [0, 0.1) is 5.92 Å². The molecule has 0 aromatic heterocycles. The molecule has 1 aliphatic carbocycles. The van der Waals surface area contributed by atoms with Crippen LogP contribution >= 0.6 is 0 Å². The van der Waals surface area contributed by atoms with Gasteiger partial charge in [0, 0.05) is 19.1 Å². The molecule has 0 bridgehead atoms. The highest BCUT2D eigenvalue weighted by Gasteiger charge is 2.17. The van der Waals surface area contributed by atoms with Gasteiger partial charge in [-0.25, -0.2) is 13.1 Å². The maximum Gasteiger partial charge on any atom is 0.212 e. The number of rotatable bonds is 7. The second-order valence-electron chi connectivity index (χ2n) is 4.93. The zero-order chi connectivity index (χ0) is 12.0. The molecule has 1 saturated carbocycles. The molecule has 0 atom stereocenters. The molecule has 0 amide bonds. The normalized spacial score (nSPS) is 18.4. The van der Waals surface area contributed by atoms with E-state index in [1.54, 1.807) is 0 Å². The summed E-state index contributed by atoms with van der Waals surface area (Å²) in [6.07, 6.45) is 4.85. The molecule has 5 heteroatoms. The highest BCUT2D eigenvalue weighted by Crippen LogP contribution is 2.23. The number of hydrogen-bond donors (Lipinski definition) is 2. The zero-order valence-electron chi connectivity index (χ0n) is 10.3. The van der Waals surface area contributed by atoms with Gasteiger partial charge in [-0.2, -0.15) is 0 Å². The summed E-state index contributed by atoms with van der Waals surface area (Å²) < 4.78 is 25.9. The molecular weight excluding hydrogens is 224 g/mol. The van der Waals surface area contributed by atoms with Crippen LogP contribution in [0.15, 0.2) is 0 Å². The van der Waals surface area contributed by atoms with E-state index in [1.165, 1.54) is 25.7 Å². The van der Waals surface area contributed by atoms with Crippen molar-refractivity contribution >= 4 is 10.0 Å². The highest BCUT2D eigenvalue weighted by atomic mass is 32.2. The van der Waals surface area contributed by atoms with Gasteiger partial charge in [0.05, 0.1) is 5.75 Å². The predicted octanol–water partition coefficient (Wildman–Crippen LogP) is 1.09. The first kappa shape index (κ1) is 13.9.